The molecule has 0 radical (unpaired) electrons. The van der Waals surface area contributed by atoms with Crippen LogP contribution in [0.25, 0.3) is 10.8 Å². The number of nitrogen functional groups attached to an aromatic ring is 1. The second-order valence-corrected chi connectivity index (χ2v) is 5.95. The fraction of sp³-hybridized carbons (Fsp3) is 0.357. The summed E-state index contributed by atoms with van der Waals surface area (Å²) in [5, 5.41) is 1.69. The second-order valence-electron chi connectivity index (χ2n) is 4.80. The molecule has 1 saturated heterocycles. The van der Waals surface area contributed by atoms with Crippen molar-refractivity contribution in [2.24, 2.45) is 5.92 Å². The minimum absolute atomic E-state index is 0.0440. The Bertz CT molecular complexity index is 629. The van der Waals surface area contributed by atoms with Crippen LogP contribution in [0.2, 0.25) is 0 Å². The minimum atomic E-state index is 0.0440. The van der Waals surface area contributed by atoms with Crippen LogP contribution in [-0.4, -0.2) is 16.1 Å². The Balaban J connectivity index is 2.07. The number of hydrogen-bond acceptors (Lipinski definition) is 3. The number of pyridine rings is 1. The molecule has 3 nitrogen and oxygen atoms in total. The zero-order valence-electron chi connectivity index (χ0n) is 10.1. The fourth-order valence-corrected chi connectivity index (χ4v) is 3.76. The number of aromatic nitrogens is 1. The summed E-state index contributed by atoms with van der Waals surface area (Å²) in [7, 11) is 0. The van der Waals surface area contributed by atoms with Crippen LogP contribution in [-0.2, 0) is 6.54 Å². The van der Waals surface area contributed by atoms with E-state index in [1.165, 1.54) is 12.2 Å². The number of nitrogens with zero attached hydrogens (tertiary/aromatic N) is 1. The molecule has 1 aromatic heterocycles. The van der Waals surface area contributed by atoms with Crippen molar-refractivity contribution >= 4 is 28.4 Å². The van der Waals surface area contributed by atoms with Gasteiger partial charge in [-0.25, -0.2) is 0 Å². The van der Waals surface area contributed by atoms with Crippen LogP contribution in [0.4, 0.5) is 5.82 Å². The van der Waals surface area contributed by atoms with E-state index in [1.54, 1.807) is 4.57 Å². The number of hydrogen-bond donors (Lipinski definition) is 1. The van der Waals surface area contributed by atoms with Gasteiger partial charge in [0.1, 0.15) is 5.82 Å². The summed E-state index contributed by atoms with van der Waals surface area (Å²) in [6, 6.07) is 9.54. The molecule has 1 unspecified atom stereocenters. The highest BCUT2D eigenvalue weighted by molar-refractivity contribution is 7.99. The van der Waals surface area contributed by atoms with E-state index in [2.05, 4.69) is 0 Å². The summed E-state index contributed by atoms with van der Waals surface area (Å²) >= 11 is 1.96. The topological polar surface area (TPSA) is 48.0 Å². The summed E-state index contributed by atoms with van der Waals surface area (Å²) < 4.78 is 1.74. The van der Waals surface area contributed by atoms with Crippen molar-refractivity contribution < 1.29 is 0 Å². The molecule has 1 atom stereocenters. The molecule has 1 aromatic carbocycles. The van der Waals surface area contributed by atoms with Gasteiger partial charge < -0.3 is 5.73 Å². The van der Waals surface area contributed by atoms with Crippen LogP contribution in [0, 0.1) is 5.92 Å². The molecule has 0 saturated carbocycles. The SMILES string of the molecule is Nc1cc2ccccc2c(=O)n1CC1CCSC1. The minimum Gasteiger partial charge on any atom is -0.385 e. The number of thioether (sulfide) groups is 1. The zero-order valence-corrected chi connectivity index (χ0v) is 11.0. The van der Waals surface area contributed by atoms with Crippen LogP contribution in [0.3, 0.4) is 0 Å². The van der Waals surface area contributed by atoms with Gasteiger partial charge in [-0.1, -0.05) is 18.2 Å². The molecule has 2 heterocycles. The predicted octanol–water partition coefficient (Wildman–Crippen LogP) is 2.34. The quantitative estimate of drug-likeness (QED) is 0.901. The molecule has 0 bridgehead atoms. The van der Waals surface area contributed by atoms with Gasteiger partial charge in [0.15, 0.2) is 0 Å². The molecular formula is C14H16N2OS. The number of fused-ring (bicyclic) bond motifs is 1. The van der Waals surface area contributed by atoms with Gasteiger partial charge >= 0.3 is 0 Å². The van der Waals surface area contributed by atoms with Crippen molar-refractivity contribution in [3.05, 3.63) is 40.7 Å². The lowest BCUT2D eigenvalue weighted by molar-refractivity contribution is 0.489. The molecule has 94 valence electrons. The standard InChI is InChI=1S/C14H16N2OS/c15-13-7-11-3-1-2-4-12(11)14(17)16(13)8-10-5-6-18-9-10/h1-4,7,10H,5-6,8-9,15H2. The highest BCUT2D eigenvalue weighted by Crippen LogP contribution is 2.25. The highest BCUT2D eigenvalue weighted by atomic mass is 32.2. The van der Waals surface area contributed by atoms with Crippen molar-refractivity contribution in [2.45, 2.75) is 13.0 Å². The molecule has 2 N–H and O–H groups in total. The number of anilines is 1. The monoisotopic (exact) mass is 260 g/mol. The Kier molecular flexibility index (Phi) is 3.04. The first-order chi connectivity index (χ1) is 8.75. The van der Waals surface area contributed by atoms with E-state index in [-0.39, 0.29) is 5.56 Å². The van der Waals surface area contributed by atoms with E-state index < -0.39 is 0 Å². The van der Waals surface area contributed by atoms with Gasteiger partial charge in [-0.05, 0) is 41.4 Å². The summed E-state index contributed by atoms with van der Waals surface area (Å²) in [6.45, 7) is 0.752. The van der Waals surface area contributed by atoms with Crippen LogP contribution in [0.5, 0.6) is 0 Å². The third kappa shape index (κ3) is 2.01. The lowest BCUT2D eigenvalue weighted by atomic mass is 10.1. The molecule has 1 fully saturated rings. The van der Waals surface area contributed by atoms with Gasteiger partial charge in [0.25, 0.3) is 5.56 Å². The predicted molar refractivity (Wildman–Crippen MR) is 78.1 cm³/mol. The first kappa shape index (κ1) is 11.7. The summed E-state index contributed by atoms with van der Waals surface area (Å²) in [6.07, 6.45) is 1.18. The van der Waals surface area contributed by atoms with E-state index in [1.807, 2.05) is 42.1 Å². The maximum atomic E-state index is 12.4. The number of nitrogens with two attached hydrogens (primary N) is 1. The molecule has 0 spiro atoms. The average Bonchev–Trinajstić information content (AvgIpc) is 2.87. The normalized spacial score (nSPS) is 19.4. The Morgan fingerprint density at radius 1 is 1.39 bits per heavy atom. The summed E-state index contributed by atoms with van der Waals surface area (Å²) in [5.74, 6) is 3.50. The molecule has 2 aromatic rings. The lowest BCUT2D eigenvalue weighted by Gasteiger charge is -2.14. The maximum absolute atomic E-state index is 12.4. The Morgan fingerprint density at radius 3 is 3.00 bits per heavy atom. The first-order valence-corrected chi connectivity index (χ1v) is 7.37. The van der Waals surface area contributed by atoms with Crippen LogP contribution < -0.4 is 11.3 Å². The number of rotatable bonds is 2. The van der Waals surface area contributed by atoms with E-state index in [9.17, 15) is 4.79 Å². The van der Waals surface area contributed by atoms with E-state index >= 15 is 0 Å². The van der Waals surface area contributed by atoms with Gasteiger partial charge in [-0.2, -0.15) is 11.8 Å². The molecule has 0 amide bonds. The summed E-state index contributed by atoms with van der Waals surface area (Å²) in [5.41, 5.74) is 6.07. The maximum Gasteiger partial charge on any atom is 0.259 e. The van der Waals surface area contributed by atoms with Crippen molar-refractivity contribution in [1.82, 2.24) is 4.57 Å². The molecule has 1 aliphatic heterocycles. The third-order valence-corrected chi connectivity index (χ3v) is 4.75. The first-order valence-electron chi connectivity index (χ1n) is 6.21. The highest BCUT2D eigenvalue weighted by Gasteiger charge is 2.18. The van der Waals surface area contributed by atoms with Crippen molar-refractivity contribution in [3.63, 3.8) is 0 Å². The Labute approximate surface area is 110 Å². The Morgan fingerprint density at radius 2 is 2.22 bits per heavy atom. The van der Waals surface area contributed by atoms with E-state index in [0.717, 1.165) is 23.1 Å². The molecule has 1 aliphatic rings. The van der Waals surface area contributed by atoms with Crippen LogP contribution in [0.15, 0.2) is 35.1 Å². The molecule has 3 rings (SSSR count). The van der Waals surface area contributed by atoms with Crippen LogP contribution in [0.1, 0.15) is 6.42 Å². The molecule has 18 heavy (non-hydrogen) atoms. The van der Waals surface area contributed by atoms with Gasteiger partial charge in [0.2, 0.25) is 0 Å². The van der Waals surface area contributed by atoms with E-state index in [4.69, 9.17) is 5.73 Å². The van der Waals surface area contributed by atoms with Gasteiger partial charge in [0, 0.05) is 11.9 Å². The van der Waals surface area contributed by atoms with Crippen LogP contribution >= 0.6 is 11.8 Å². The fourth-order valence-electron chi connectivity index (χ4n) is 2.49. The van der Waals surface area contributed by atoms with Crippen molar-refractivity contribution in [2.75, 3.05) is 17.2 Å². The zero-order chi connectivity index (χ0) is 12.5. The lowest BCUT2D eigenvalue weighted by Crippen LogP contribution is -2.26. The molecule has 4 heteroatoms. The van der Waals surface area contributed by atoms with Crippen molar-refractivity contribution in [1.29, 1.82) is 0 Å². The summed E-state index contributed by atoms with van der Waals surface area (Å²) in [4.78, 5) is 12.4. The third-order valence-electron chi connectivity index (χ3n) is 3.52. The van der Waals surface area contributed by atoms with Gasteiger partial charge in [-0.15, -0.1) is 0 Å². The van der Waals surface area contributed by atoms with Gasteiger partial charge in [0.05, 0.1) is 0 Å². The number of benzene rings is 1. The smallest absolute Gasteiger partial charge is 0.259 e. The average molecular weight is 260 g/mol. The molecule has 0 aliphatic carbocycles. The van der Waals surface area contributed by atoms with Gasteiger partial charge in [-0.3, -0.25) is 9.36 Å². The van der Waals surface area contributed by atoms with Crippen molar-refractivity contribution in [3.8, 4) is 0 Å². The van der Waals surface area contributed by atoms with E-state index in [0.29, 0.717) is 11.7 Å². The largest absolute Gasteiger partial charge is 0.385 e. The second kappa shape index (κ2) is 4.69. The molecular weight excluding hydrogens is 244 g/mol. The Hall–Kier alpha value is -1.42.